The Hall–Kier alpha value is -1.43. The van der Waals surface area contributed by atoms with Gasteiger partial charge in [-0.25, -0.2) is 0 Å². The van der Waals surface area contributed by atoms with Crippen molar-refractivity contribution < 1.29 is 4.79 Å². The van der Waals surface area contributed by atoms with Crippen LogP contribution in [0.3, 0.4) is 0 Å². The Morgan fingerprint density at radius 2 is 2.29 bits per heavy atom. The summed E-state index contributed by atoms with van der Waals surface area (Å²) in [6.07, 6.45) is 1.96. The largest absolute Gasteiger partial charge is 0.345 e. The maximum Gasteiger partial charge on any atom is 0.277 e. The van der Waals surface area contributed by atoms with Crippen LogP contribution in [0.1, 0.15) is 29.0 Å². The standard InChI is InChI=1S/C11H14N4OS/c1-6-8-9(13-14(6)2)11(16)15-5-3-4-7(15)10(17)12-8/h7H,3-5H2,1-2H3,(H,12,17)/t7-/m0/s1. The molecule has 17 heavy (non-hydrogen) atoms. The minimum atomic E-state index is -0.00134. The lowest BCUT2D eigenvalue weighted by Gasteiger charge is -2.21. The summed E-state index contributed by atoms with van der Waals surface area (Å²) < 4.78 is 1.72. The van der Waals surface area contributed by atoms with E-state index in [4.69, 9.17) is 12.2 Å². The number of nitrogens with zero attached hydrogens (tertiary/aromatic N) is 3. The molecule has 3 heterocycles. The molecule has 3 rings (SSSR count). The molecular formula is C11H14N4OS. The zero-order valence-electron chi connectivity index (χ0n) is 9.86. The molecule has 1 N–H and O–H groups in total. The summed E-state index contributed by atoms with van der Waals surface area (Å²) in [6, 6.07) is 0.0522. The molecule has 0 unspecified atom stereocenters. The van der Waals surface area contributed by atoms with E-state index in [2.05, 4.69) is 10.4 Å². The van der Waals surface area contributed by atoms with Gasteiger partial charge in [-0.15, -0.1) is 0 Å². The van der Waals surface area contributed by atoms with Crippen molar-refractivity contribution in [2.45, 2.75) is 25.8 Å². The topological polar surface area (TPSA) is 50.2 Å². The Labute approximate surface area is 105 Å². The van der Waals surface area contributed by atoms with Gasteiger partial charge in [0.15, 0.2) is 5.69 Å². The first-order valence-corrected chi connectivity index (χ1v) is 6.16. The fraction of sp³-hybridized carbons (Fsp3) is 0.545. The Morgan fingerprint density at radius 3 is 3.06 bits per heavy atom. The molecule has 0 spiro atoms. The normalized spacial score (nSPS) is 23.2. The highest BCUT2D eigenvalue weighted by atomic mass is 32.1. The number of thiocarbonyl (C=S) groups is 1. The fourth-order valence-electron chi connectivity index (χ4n) is 2.53. The Morgan fingerprint density at radius 1 is 1.53 bits per heavy atom. The van der Waals surface area contributed by atoms with Gasteiger partial charge in [-0.3, -0.25) is 9.48 Å². The number of nitrogens with one attached hydrogen (secondary N) is 1. The number of carbonyl (C=O) groups is 1. The molecule has 1 amide bonds. The van der Waals surface area contributed by atoms with Crippen LogP contribution in [0.25, 0.3) is 0 Å². The van der Waals surface area contributed by atoms with Gasteiger partial charge in [0.25, 0.3) is 5.91 Å². The van der Waals surface area contributed by atoms with Gasteiger partial charge in [0.1, 0.15) is 4.99 Å². The zero-order chi connectivity index (χ0) is 12.2. The molecule has 1 aromatic rings. The lowest BCUT2D eigenvalue weighted by Crippen LogP contribution is -2.39. The minimum Gasteiger partial charge on any atom is -0.345 e. The number of anilines is 1. The minimum absolute atomic E-state index is 0.00134. The molecule has 6 heteroatoms. The Kier molecular flexibility index (Phi) is 2.22. The predicted octanol–water partition coefficient (Wildman–Crippen LogP) is 1.09. The second-order valence-electron chi connectivity index (χ2n) is 4.58. The molecule has 0 saturated carbocycles. The molecule has 2 aliphatic heterocycles. The van der Waals surface area contributed by atoms with E-state index in [1.807, 2.05) is 18.9 Å². The number of amides is 1. The van der Waals surface area contributed by atoms with Crippen LogP contribution in [0, 0.1) is 6.92 Å². The lowest BCUT2D eigenvalue weighted by atomic mass is 10.2. The fourth-order valence-corrected chi connectivity index (χ4v) is 2.88. The van der Waals surface area contributed by atoms with Gasteiger partial charge in [0.2, 0.25) is 0 Å². The highest BCUT2D eigenvalue weighted by molar-refractivity contribution is 7.80. The number of hydrogen-bond acceptors (Lipinski definition) is 3. The monoisotopic (exact) mass is 250 g/mol. The number of fused-ring (bicyclic) bond motifs is 2. The van der Waals surface area contributed by atoms with E-state index in [1.165, 1.54) is 0 Å². The van der Waals surface area contributed by atoms with Crippen LogP contribution in [-0.4, -0.2) is 38.2 Å². The molecule has 90 valence electrons. The maximum atomic E-state index is 12.4. The predicted molar refractivity (Wildman–Crippen MR) is 68.2 cm³/mol. The van der Waals surface area contributed by atoms with Crippen molar-refractivity contribution >= 4 is 28.8 Å². The summed E-state index contributed by atoms with van der Waals surface area (Å²) >= 11 is 5.39. The van der Waals surface area contributed by atoms with E-state index in [9.17, 15) is 4.79 Å². The van der Waals surface area contributed by atoms with Crippen molar-refractivity contribution in [1.29, 1.82) is 0 Å². The third-order valence-electron chi connectivity index (χ3n) is 3.60. The van der Waals surface area contributed by atoms with Crippen molar-refractivity contribution in [2.24, 2.45) is 7.05 Å². The second kappa shape index (κ2) is 3.53. The number of hydrogen-bond donors (Lipinski definition) is 1. The van der Waals surface area contributed by atoms with Crippen LogP contribution >= 0.6 is 12.2 Å². The van der Waals surface area contributed by atoms with Gasteiger partial charge in [0.05, 0.1) is 17.4 Å². The molecule has 1 aromatic heterocycles. The van der Waals surface area contributed by atoms with E-state index in [0.29, 0.717) is 5.69 Å². The highest BCUT2D eigenvalue weighted by Crippen LogP contribution is 2.30. The average Bonchev–Trinajstić information content (AvgIpc) is 2.86. The van der Waals surface area contributed by atoms with E-state index in [1.54, 1.807) is 4.68 Å². The molecule has 0 bridgehead atoms. The first-order chi connectivity index (χ1) is 8.09. The second-order valence-corrected chi connectivity index (χ2v) is 5.02. The highest BCUT2D eigenvalue weighted by Gasteiger charge is 2.38. The average molecular weight is 250 g/mol. The Bertz CT molecular complexity index is 522. The molecule has 2 aliphatic rings. The van der Waals surface area contributed by atoms with Crippen molar-refractivity contribution in [3.8, 4) is 0 Å². The molecule has 0 aromatic carbocycles. The van der Waals surface area contributed by atoms with Gasteiger partial charge in [0, 0.05) is 13.6 Å². The molecular weight excluding hydrogens is 236 g/mol. The SMILES string of the molecule is Cc1c2c(nn1C)C(=O)N1CCC[C@H]1C(=S)N2. The summed E-state index contributed by atoms with van der Waals surface area (Å²) in [5.74, 6) is -0.00134. The summed E-state index contributed by atoms with van der Waals surface area (Å²) in [5, 5.41) is 7.49. The summed E-state index contributed by atoms with van der Waals surface area (Å²) in [7, 11) is 1.84. The first-order valence-electron chi connectivity index (χ1n) is 5.75. The van der Waals surface area contributed by atoms with Gasteiger partial charge in [-0.05, 0) is 19.8 Å². The molecule has 1 atom stereocenters. The van der Waals surface area contributed by atoms with Gasteiger partial charge >= 0.3 is 0 Å². The number of carbonyl (C=O) groups excluding carboxylic acids is 1. The van der Waals surface area contributed by atoms with Gasteiger partial charge < -0.3 is 10.2 Å². The van der Waals surface area contributed by atoms with Crippen LogP contribution < -0.4 is 5.32 Å². The quantitative estimate of drug-likeness (QED) is 0.700. The van der Waals surface area contributed by atoms with Crippen LogP contribution in [0.2, 0.25) is 0 Å². The van der Waals surface area contributed by atoms with E-state index in [-0.39, 0.29) is 11.9 Å². The maximum absolute atomic E-state index is 12.4. The molecule has 0 aliphatic carbocycles. The van der Waals surface area contributed by atoms with Crippen LogP contribution in [0.15, 0.2) is 0 Å². The van der Waals surface area contributed by atoms with Crippen molar-refractivity contribution in [1.82, 2.24) is 14.7 Å². The summed E-state index contributed by atoms with van der Waals surface area (Å²) in [5.41, 5.74) is 2.21. The summed E-state index contributed by atoms with van der Waals surface area (Å²) in [4.78, 5) is 15.0. The van der Waals surface area contributed by atoms with Crippen molar-refractivity contribution in [3.05, 3.63) is 11.4 Å². The number of aromatic nitrogens is 2. The van der Waals surface area contributed by atoms with E-state index in [0.717, 1.165) is 35.8 Å². The van der Waals surface area contributed by atoms with Crippen LogP contribution in [0.4, 0.5) is 5.69 Å². The molecule has 5 nitrogen and oxygen atoms in total. The third-order valence-corrected chi connectivity index (χ3v) is 3.98. The van der Waals surface area contributed by atoms with Gasteiger partial charge in [-0.2, -0.15) is 5.10 Å². The molecule has 1 fully saturated rings. The van der Waals surface area contributed by atoms with Crippen LogP contribution in [0.5, 0.6) is 0 Å². The number of rotatable bonds is 0. The summed E-state index contributed by atoms with van der Waals surface area (Å²) in [6.45, 7) is 2.71. The van der Waals surface area contributed by atoms with Crippen LogP contribution in [-0.2, 0) is 7.05 Å². The smallest absolute Gasteiger partial charge is 0.277 e. The third kappa shape index (κ3) is 1.40. The van der Waals surface area contributed by atoms with Crippen molar-refractivity contribution in [3.63, 3.8) is 0 Å². The first kappa shape index (κ1) is 10.7. The number of aryl methyl sites for hydroxylation is 1. The van der Waals surface area contributed by atoms with E-state index < -0.39 is 0 Å². The molecule has 1 saturated heterocycles. The van der Waals surface area contributed by atoms with E-state index >= 15 is 0 Å². The molecule has 0 radical (unpaired) electrons. The zero-order valence-corrected chi connectivity index (χ0v) is 10.7. The van der Waals surface area contributed by atoms with Gasteiger partial charge in [-0.1, -0.05) is 12.2 Å². The Balaban J connectivity index is 2.14. The lowest BCUT2D eigenvalue weighted by molar-refractivity contribution is 0.0767. The van der Waals surface area contributed by atoms with Crippen molar-refractivity contribution in [2.75, 3.05) is 11.9 Å².